The number of hydrogen-bond acceptors (Lipinski definition) is 5. The van der Waals surface area contributed by atoms with E-state index in [1.54, 1.807) is 20.8 Å². The van der Waals surface area contributed by atoms with Crippen molar-refractivity contribution in [3.05, 3.63) is 0 Å². The molecule has 0 aliphatic carbocycles. The molecule has 2 unspecified atom stereocenters. The normalized spacial score (nSPS) is 16.8. The van der Waals surface area contributed by atoms with E-state index in [0.29, 0.717) is 0 Å². The first-order valence-corrected chi connectivity index (χ1v) is 4.88. The minimum absolute atomic E-state index is 0.925. The fourth-order valence-electron chi connectivity index (χ4n) is 0.978. The highest BCUT2D eigenvalue weighted by molar-refractivity contribution is 6.04. The first-order chi connectivity index (χ1) is 7.43. The van der Waals surface area contributed by atoms with Gasteiger partial charge in [-0.1, -0.05) is 0 Å². The number of ether oxygens (including phenoxy) is 1. The summed E-state index contributed by atoms with van der Waals surface area (Å²) >= 11 is 0. The van der Waals surface area contributed by atoms with Gasteiger partial charge in [0.05, 0.1) is 0 Å². The molecule has 0 amide bonds. The van der Waals surface area contributed by atoms with E-state index in [2.05, 4.69) is 0 Å². The maximum atomic E-state index is 11.7. The maximum absolute atomic E-state index is 11.7. The van der Waals surface area contributed by atoms with E-state index in [1.165, 1.54) is 0 Å². The zero-order valence-corrected chi connectivity index (χ0v) is 10.2. The van der Waals surface area contributed by atoms with Gasteiger partial charge >= 0.3 is 17.9 Å². The number of carboxylic acid groups (broad SMARTS) is 2. The summed E-state index contributed by atoms with van der Waals surface area (Å²) in [6.07, 6.45) is 0. The Kier molecular flexibility index (Phi) is 4.25. The van der Waals surface area contributed by atoms with E-state index in [-0.39, 0.29) is 0 Å². The van der Waals surface area contributed by atoms with Gasteiger partial charge in [0, 0.05) is 0 Å². The predicted molar refractivity (Wildman–Crippen MR) is 57.2 cm³/mol. The van der Waals surface area contributed by atoms with Crippen molar-refractivity contribution in [2.75, 3.05) is 0 Å². The third kappa shape index (κ3) is 3.42. The molecule has 0 spiro atoms. The van der Waals surface area contributed by atoms with E-state index in [1.807, 2.05) is 0 Å². The van der Waals surface area contributed by atoms with Gasteiger partial charge < -0.3 is 20.7 Å². The number of carboxylic acids is 2. The van der Waals surface area contributed by atoms with Gasteiger partial charge in [0.2, 0.25) is 0 Å². The second kappa shape index (κ2) is 4.70. The molecule has 98 valence electrons. The number of carbonyl (C=O) groups excluding carboxylic acids is 1. The van der Waals surface area contributed by atoms with E-state index in [9.17, 15) is 14.4 Å². The van der Waals surface area contributed by atoms with Crippen molar-refractivity contribution in [1.82, 2.24) is 0 Å². The van der Waals surface area contributed by atoms with E-state index < -0.39 is 35.0 Å². The number of nitrogens with two attached hydrogens (primary N) is 1. The summed E-state index contributed by atoms with van der Waals surface area (Å²) in [4.78, 5) is 33.5. The number of aliphatic carboxylic acids is 2. The molecule has 0 aliphatic heterocycles. The Morgan fingerprint density at radius 3 is 1.76 bits per heavy atom. The fraction of sp³-hybridized carbons (Fsp3) is 0.700. The Morgan fingerprint density at radius 1 is 1.12 bits per heavy atom. The Bertz CT molecular complexity index is 345. The van der Waals surface area contributed by atoms with Crippen molar-refractivity contribution >= 4 is 17.9 Å². The Morgan fingerprint density at radius 2 is 1.53 bits per heavy atom. The maximum Gasteiger partial charge on any atom is 0.325 e. The topological polar surface area (TPSA) is 127 Å². The molecule has 0 saturated heterocycles. The third-order valence-electron chi connectivity index (χ3n) is 2.16. The minimum Gasteiger partial charge on any atom is -0.480 e. The van der Waals surface area contributed by atoms with Crippen LogP contribution in [0.1, 0.15) is 27.7 Å². The first kappa shape index (κ1) is 15.4. The highest BCUT2D eigenvalue weighted by Crippen LogP contribution is 2.26. The molecule has 0 aromatic rings. The van der Waals surface area contributed by atoms with E-state index in [0.717, 1.165) is 6.92 Å². The van der Waals surface area contributed by atoms with Gasteiger partial charge in [-0.2, -0.15) is 0 Å². The van der Waals surface area contributed by atoms with Gasteiger partial charge in [-0.3, -0.25) is 14.4 Å². The molecular formula is C10H17NO6. The summed E-state index contributed by atoms with van der Waals surface area (Å²) in [6, 6.07) is -1.88. The van der Waals surface area contributed by atoms with Crippen molar-refractivity contribution in [2.24, 2.45) is 11.1 Å². The monoisotopic (exact) mass is 247 g/mol. The molecule has 0 aliphatic rings. The summed E-state index contributed by atoms with van der Waals surface area (Å²) in [6.45, 7) is 5.56. The van der Waals surface area contributed by atoms with Gasteiger partial charge in [-0.15, -0.1) is 0 Å². The Balaban J connectivity index is 5.30. The number of esters is 1. The van der Waals surface area contributed by atoms with Crippen molar-refractivity contribution in [3.8, 4) is 0 Å². The second-order valence-corrected chi connectivity index (χ2v) is 4.83. The van der Waals surface area contributed by atoms with Crippen LogP contribution in [0, 0.1) is 5.41 Å². The van der Waals surface area contributed by atoms with Crippen molar-refractivity contribution in [2.45, 2.75) is 39.3 Å². The van der Waals surface area contributed by atoms with Crippen molar-refractivity contribution in [3.63, 3.8) is 0 Å². The van der Waals surface area contributed by atoms with Crippen LogP contribution in [0.4, 0.5) is 0 Å². The lowest BCUT2D eigenvalue weighted by atomic mass is 9.82. The number of hydrogen-bond donors (Lipinski definition) is 3. The molecule has 0 aromatic heterocycles. The Labute approximate surface area is 98.6 Å². The lowest BCUT2D eigenvalue weighted by Gasteiger charge is -2.30. The largest absolute Gasteiger partial charge is 0.480 e. The molecule has 0 fully saturated rings. The highest BCUT2D eigenvalue weighted by atomic mass is 16.6. The smallest absolute Gasteiger partial charge is 0.325 e. The summed E-state index contributed by atoms with van der Waals surface area (Å²) in [5.74, 6) is -4.39. The number of carbonyl (C=O) groups is 3. The van der Waals surface area contributed by atoms with Crippen LogP contribution in [0.2, 0.25) is 0 Å². The van der Waals surface area contributed by atoms with Crippen LogP contribution in [-0.4, -0.2) is 39.8 Å². The lowest BCUT2D eigenvalue weighted by Crippen LogP contribution is -2.56. The van der Waals surface area contributed by atoms with Gasteiger partial charge in [0.1, 0.15) is 11.6 Å². The van der Waals surface area contributed by atoms with Crippen molar-refractivity contribution < 1.29 is 29.3 Å². The van der Waals surface area contributed by atoms with Crippen LogP contribution >= 0.6 is 0 Å². The molecule has 0 rings (SSSR count). The zero-order valence-electron chi connectivity index (χ0n) is 10.2. The van der Waals surface area contributed by atoms with Crippen LogP contribution in [0.15, 0.2) is 0 Å². The summed E-state index contributed by atoms with van der Waals surface area (Å²) < 4.78 is 4.87. The van der Waals surface area contributed by atoms with Crippen LogP contribution in [0.3, 0.4) is 0 Å². The first-order valence-electron chi connectivity index (χ1n) is 4.88. The third-order valence-corrected chi connectivity index (χ3v) is 2.16. The molecule has 0 aromatic carbocycles. The fourth-order valence-corrected chi connectivity index (χ4v) is 0.978. The van der Waals surface area contributed by atoms with Gasteiger partial charge in [-0.25, -0.2) is 0 Å². The molecule has 0 saturated carbocycles. The number of rotatable bonds is 4. The van der Waals surface area contributed by atoms with Gasteiger partial charge in [0.15, 0.2) is 5.41 Å². The standard InChI is InChI=1S/C10H17NO6/c1-9(2,3)17-8(16)10(4,7(14)15)5(11)6(12)13/h5H,11H2,1-4H3,(H,12,13)(H,14,15). The molecule has 7 heteroatoms. The van der Waals surface area contributed by atoms with E-state index in [4.69, 9.17) is 20.7 Å². The summed E-state index contributed by atoms with van der Waals surface area (Å²) in [5.41, 5.74) is 1.99. The van der Waals surface area contributed by atoms with Crippen molar-refractivity contribution in [1.29, 1.82) is 0 Å². The molecule has 0 bridgehead atoms. The van der Waals surface area contributed by atoms with Crippen LogP contribution in [0.25, 0.3) is 0 Å². The average Bonchev–Trinajstić information content (AvgIpc) is 2.11. The molecule has 17 heavy (non-hydrogen) atoms. The molecular weight excluding hydrogens is 230 g/mol. The quantitative estimate of drug-likeness (QED) is 0.465. The molecule has 4 N–H and O–H groups in total. The highest BCUT2D eigenvalue weighted by Gasteiger charge is 2.52. The van der Waals surface area contributed by atoms with Crippen LogP contribution in [0.5, 0.6) is 0 Å². The molecule has 0 radical (unpaired) electrons. The molecule has 7 nitrogen and oxygen atoms in total. The Hall–Kier alpha value is -1.63. The second-order valence-electron chi connectivity index (χ2n) is 4.83. The SMILES string of the molecule is CC(C)(C)OC(=O)C(C)(C(=O)O)C(N)C(=O)O. The molecule has 2 atom stereocenters. The predicted octanol–water partition coefficient (Wildman–Crippen LogP) is -0.169. The van der Waals surface area contributed by atoms with Gasteiger partial charge in [0.25, 0.3) is 0 Å². The zero-order chi connectivity index (χ0) is 14.0. The van der Waals surface area contributed by atoms with Crippen LogP contribution in [-0.2, 0) is 19.1 Å². The lowest BCUT2D eigenvalue weighted by molar-refractivity contribution is -0.180. The van der Waals surface area contributed by atoms with Gasteiger partial charge in [-0.05, 0) is 27.7 Å². The minimum atomic E-state index is -2.32. The van der Waals surface area contributed by atoms with Crippen LogP contribution < -0.4 is 5.73 Å². The average molecular weight is 247 g/mol. The summed E-state index contributed by atoms with van der Waals surface area (Å²) in [5, 5.41) is 17.7. The summed E-state index contributed by atoms with van der Waals surface area (Å²) in [7, 11) is 0. The molecule has 0 heterocycles. The van der Waals surface area contributed by atoms with E-state index >= 15 is 0 Å².